The van der Waals surface area contributed by atoms with Gasteiger partial charge in [-0.15, -0.1) is 0 Å². The third-order valence-corrected chi connectivity index (χ3v) is 6.02. The van der Waals surface area contributed by atoms with Crippen LogP contribution in [0.3, 0.4) is 0 Å². The van der Waals surface area contributed by atoms with Gasteiger partial charge in [0, 0.05) is 48.7 Å². The fraction of sp³-hybridized carbons (Fsp3) is 0.375. The van der Waals surface area contributed by atoms with E-state index in [0.717, 1.165) is 22.6 Å². The fourth-order valence-electron chi connectivity index (χ4n) is 4.00. The van der Waals surface area contributed by atoms with E-state index in [1.807, 2.05) is 54.8 Å². The molecule has 3 heterocycles. The summed E-state index contributed by atoms with van der Waals surface area (Å²) < 4.78 is 1.55. The molecule has 0 spiro atoms. The van der Waals surface area contributed by atoms with E-state index in [1.165, 1.54) is 0 Å². The lowest BCUT2D eigenvalue weighted by molar-refractivity contribution is -0.132. The lowest BCUT2D eigenvalue weighted by Crippen LogP contribution is -2.50. The van der Waals surface area contributed by atoms with Crippen molar-refractivity contribution in [2.45, 2.75) is 27.2 Å². The van der Waals surface area contributed by atoms with Gasteiger partial charge in [0.2, 0.25) is 11.8 Å². The molecule has 1 N–H and O–H groups in total. The molecule has 1 aliphatic rings. The molecule has 0 aliphatic carbocycles. The first kappa shape index (κ1) is 23.8. The average molecular weight is 482 g/mol. The van der Waals surface area contributed by atoms with Gasteiger partial charge >= 0.3 is 0 Å². The fourth-order valence-corrected chi connectivity index (χ4v) is 4.20. The Morgan fingerprint density at radius 2 is 1.65 bits per heavy atom. The van der Waals surface area contributed by atoms with Crippen LogP contribution in [0.5, 0.6) is 0 Å². The summed E-state index contributed by atoms with van der Waals surface area (Å²) in [7, 11) is 0. The minimum atomic E-state index is -0.152. The zero-order valence-electron chi connectivity index (χ0n) is 19.6. The van der Waals surface area contributed by atoms with Gasteiger partial charge in [0.25, 0.3) is 5.95 Å². The summed E-state index contributed by atoms with van der Waals surface area (Å²) in [6.07, 6.45) is 0.282. The Labute approximate surface area is 203 Å². The summed E-state index contributed by atoms with van der Waals surface area (Å²) in [4.78, 5) is 38.2. The summed E-state index contributed by atoms with van der Waals surface area (Å²) in [5.41, 5.74) is 3.24. The summed E-state index contributed by atoms with van der Waals surface area (Å²) >= 11 is 6.18. The van der Waals surface area contributed by atoms with Crippen LogP contribution in [0.15, 0.2) is 36.4 Å². The van der Waals surface area contributed by atoms with Crippen molar-refractivity contribution < 1.29 is 9.59 Å². The van der Waals surface area contributed by atoms with Gasteiger partial charge in [0.1, 0.15) is 5.82 Å². The second-order valence-electron chi connectivity index (χ2n) is 8.51. The molecule has 0 bridgehead atoms. The Balaban J connectivity index is 1.32. The number of halogens is 1. The number of hydrogen-bond acceptors (Lipinski definition) is 6. The van der Waals surface area contributed by atoms with Crippen molar-refractivity contribution in [1.29, 1.82) is 0 Å². The van der Waals surface area contributed by atoms with Crippen LogP contribution in [-0.2, 0) is 16.0 Å². The lowest BCUT2D eigenvalue weighted by atomic mass is 10.1. The van der Waals surface area contributed by atoms with Crippen molar-refractivity contribution in [3.05, 3.63) is 64.1 Å². The Hall–Kier alpha value is -3.30. The minimum Gasteiger partial charge on any atom is -0.340 e. The van der Waals surface area contributed by atoms with E-state index in [0.29, 0.717) is 43.0 Å². The van der Waals surface area contributed by atoms with Gasteiger partial charge in [-0.25, -0.2) is 9.97 Å². The number of carbonyl (C=O) groups is 2. The summed E-state index contributed by atoms with van der Waals surface area (Å²) in [5, 5.41) is 7.98. The van der Waals surface area contributed by atoms with Gasteiger partial charge in [-0.1, -0.05) is 29.8 Å². The standard InChI is InChI=1S/C24H28ClN7O2/c1-16-12-17(2)27-24(26-16)32-21(13-18(3)29-32)28-22(33)15-30-8-10-31(11-9-30)23(34)14-19-6-4-5-7-20(19)25/h4-7,12-13H,8-11,14-15H2,1-3H3,(H,28,33). The smallest absolute Gasteiger partial charge is 0.252 e. The third-order valence-electron chi connectivity index (χ3n) is 5.65. The van der Waals surface area contributed by atoms with E-state index in [-0.39, 0.29) is 24.8 Å². The molecule has 0 radical (unpaired) electrons. The largest absolute Gasteiger partial charge is 0.340 e. The van der Waals surface area contributed by atoms with Gasteiger partial charge in [0.05, 0.1) is 18.7 Å². The third kappa shape index (κ3) is 5.78. The maximum atomic E-state index is 12.8. The molecular formula is C24H28ClN7O2. The zero-order valence-corrected chi connectivity index (χ0v) is 20.3. The molecular weight excluding hydrogens is 454 g/mol. The Kier molecular flexibility index (Phi) is 7.23. The first-order valence-corrected chi connectivity index (χ1v) is 11.6. The zero-order chi connectivity index (χ0) is 24.2. The van der Waals surface area contributed by atoms with Crippen LogP contribution in [0, 0.1) is 20.8 Å². The molecule has 178 valence electrons. The predicted octanol–water partition coefficient (Wildman–Crippen LogP) is 2.57. The molecule has 0 unspecified atom stereocenters. The van der Waals surface area contributed by atoms with Crippen LogP contribution >= 0.6 is 11.6 Å². The van der Waals surface area contributed by atoms with Gasteiger partial charge in [-0.05, 0) is 38.5 Å². The van der Waals surface area contributed by atoms with Gasteiger partial charge in [-0.2, -0.15) is 9.78 Å². The minimum absolute atomic E-state index is 0.0463. The number of hydrogen-bond donors (Lipinski definition) is 1. The molecule has 1 saturated heterocycles. The molecule has 1 aliphatic heterocycles. The van der Waals surface area contributed by atoms with Crippen molar-refractivity contribution in [2.24, 2.45) is 0 Å². The topological polar surface area (TPSA) is 96.3 Å². The quantitative estimate of drug-likeness (QED) is 0.581. The van der Waals surface area contributed by atoms with Crippen LogP contribution < -0.4 is 5.32 Å². The molecule has 2 amide bonds. The number of amides is 2. The molecule has 4 rings (SSSR count). The van der Waals surface area contributed by atoms with Gasteiger partial charge in [-0.3, -0.25) is 14.5 Å². The first-order chi connectivity index (χ1) is 16.3. The highest BCUT2D eigenvalue weighted by molar-refractivity contribution is 6.31. The van der Waals surface area contributed by atoms with E-state index in [1.54, 1.807) is 16.8 Å². The Morgan fingerprint density at radius 1 is 0.971 bits per heavy atom. The Bertz CT molecular complexity index is 1180. The highest BCUT2D eigenvalue weighted by atomic mass is 35.5. The van der Waals surface area contributed by atoms with Crippen LogP contribution in [0.4, 0.5) is 5.82 Å². The normalized spacial score (nSPS) is 14.3. The number of nitrogens with one attached hydrogen (secondary N) is 1. The molecule has 0 saturated carbocycles. The van der Waals surface area contributed by atoms with Crippen molar-refractivity contribution in [3.63, 3.8) is 0 Å². The average Bonchev–Trinajstić information content (AvgIpc) is 3.15. The molecule has 2 aromatic heterocycles. The number of carbonyl (C=O) groups excluding carboxylic acids is 2. The number of aryl methyl sites for hydroxylation is 3. The lowest BCUT2D eigenvalue weighted by Gasteiger charge is -2.34. The number of nitrogens with zero attached hydrogens (tertiary/aromatic N) is 6. The predicted molar refractivity (Wildman–Crippen MR) is 130 cm³/mol. The van der Waals surface area contributed by atoms with Crippen LogP contribution in [0.25, 0.3) is 5.95 Å². The van der Waals surface area contributed by atoms with E-state index in [2.05, 4.69) is 20.4 Å². The second-order valence-corrected chi connectivity index (χ2v) is 8.91. The van der Waals surface area contributed by atoms with Gasteiger partial charge < -0.3 is 10.2 Å². The van der Waals surface area contributed by atoms with E-state index in [9.17, 15) is 9.59 Å². The van der Waals surface area contributed by atoms with Crippen molar-refractivity contribution in [3.8, 4) is 5.95 Å². The SMILES string of the molecule is Cc1cc(C)nc(-n2nc(C)cc2NC(=O)CN2CCN(C(=O)Cc3ccccc3Cl)CC2)n1. The summed E-state index contributed by atoms with van der Waals surface area (Å²) in [6, 6.07) is 11.1. The van der Waals surface area contributed by atoms with Crippen LogP contribution in [-0.4, -0.2) is 74.1 Å². The maximum absolute atomic E-state index is 12.8. The van der Waals surface area contributed by atoms with Crippen LogP contribution in [0.1, 0.15) is 22.6 Å². The molecule has 9 nitrogen and oxygen atoms in total. The molecule has 0 atom stereocenters. The molecule has 1 fully saturated rings. The molecule has 1 aromatic carbocycles. The number of anilines is 1. The molecule has 10 heteroatoms. The van der Waals surface area contributed by atoms with E-state index >= 15 is 0 Å². The van der Waals surface area contributed by atoms with E-state index in [4.69, 9.17) is 11.6 Å². The van der Waals surface area contributed by atoms with E-state index < -0.39 is 0 Å². The second kappa shape index (κ2) is 10.3. The number of aromatic nitrogens is 4. The summed E-state index contributed by atoms with van der Waals surface area (Å²) in [6.45, 7) is 8.27. The van der Waals surface area contributed by atoms with Crippen molar-refractivity contribution in [1.82, 2.24) is 29.5 Å². The number of rotatable bonds is 6. The molecule has 34 heavy (non-hydrogen) atoms. The number of benzene rings is 1. The highest BCUT2D eigenvalue weighted by Crippen LogP contribution is 2.18. The first-order valence-electron chi connectivity index (χ1n) is 11.2. The maximum Gasteiger partial charge on any atom is 0.252 e. The van der Waals surface area contributed by atoms with Crippen molar-refractivity contribution in [2.75, 3.05) is 38.0 Å². The van der Waals surface area contributed by atoms with Crippen molar-refractivity contribution >= 4 is 29.2 Å². The number of piperazine rings is 1. The molecule has 3 aromatic rings. The van der Waals surface area contributed by atoms with Crippen LogP contribution in [0.2, 0.25) is 5.02 Å². The highest BCUT2D eigenvalue weighted by Gasteiger charge is 2.23. The Morgan fingerprint density at radius 3 is 2.32 bits per heavy atom. The monoisotopic (exact) mass is 481 g/mol. The van der Waals surface area contributed by atoms with Gasteiger partial charge in [0.15, 0.2) is 0 Å². The summed E-state index contributed by atoms with van der Waals surface area (Å²) in [5.74, 6) is 0.846.